The Kier molecular flexibility index (Phi) is 4.55. The van der Waals surface area contributed by atoms with E-state index in [9.17, 15) is 0 Å². The molecule has 0 spiro atoms. The molecule has 1 aromatic rings. The third kappa shape index (κ3) is 3.16. The molecule has 0 saturated carbocycles. The first-order valence-corrected chi connectivity index (χ1v) is 7.22. The zero-order valence-corrected chi connectivity index (χ0v) is 10.7. The molecule has 3 heteroatoms. The Bertz CT molecular complexity index is 321. The third-order valence-electron chi connectivity index (χ3n) is 3.05. The molecule has 1 saturated heterocycles. The molecule has 0 unspecified atom stereocenters. The van der Waals surface area contributed by atoms with Gasteiger partial charge in [-0.25, -0.2) is 0 Å². The normalized spacial score (nSPS) is 16.6. The second-order valence-electron chi connectivity index (χ2n) is 4.18. The van der Waals surface area contributed by atoms with Gasteiger partial charge in [-0.1, -0.05) is 12.1 Å². The predicted molar refractivity (Wildman–Crippen MR) is 72.4 cm³/mol. The molecule has 2 nitrogen and oxygen atoms in total. The van der Waals surface area contributed by atoms with Crippen LogP contribution in [0.5, 0.6) is 0 Å². The zero-order chi connectivity index (χ0) is 11.2. The summed E-state index contributed by atoms with van der Waals surface area (Å²) in [6.07, 6.45) is 4.88. The molecule has 0 radical (unpaired) electrons. The van der Waals surface area contributed by atoms with E-state index in [-0.39, 0.29) is 0 Å². The van der Waals surface area contributed by atoms with E-state index in [2.05, 4.69) is 40.7 Å². The summed E-state index contributed by atoms with van der Waals surface area (Å²) in [5.74, 6) is 0. The fraction of sp³-hybridized carbons (Fsp3) is 0.538. The molecule has 0 aliphatic carbocycles. The SMILES string of the molecule is CSc1ccccc1NCCN1CCCC1. The summed E-state index contributed by atoms with van der Waals surface area (Å²) in [5.41, 5.74) is 1.27. The Morgan fingerprint density at radius 3 is 2.75 bits per heavy atom. The summed E-state index contributed by atoms with van der Waals surface area (Å²) in [4.78, 5) is 3.87. The second kappa shape index (κ2) is 6.16. The number of hydrogen-bond acceptors (Lipinski definition) is 3. The minimum atomic E-state index is 1.05. The molecule has 1 aliphatic rings. The van der Waals surface area contributed by atoms with Crippen LogP contribution in [0.1, 0.15) is 12.8 Å². The largest absolute Gasteiger partial charge is 0.383 e. The van der Waals surface area contributed by atoms with Crippen LogP contribution in [0.15, 0.2) is 29.2 Å². The van der Waals surface area contributed by atoms with Crippen LogP contribution in [0, 0.1) is 0 Å². The molecule has 1 heterocycles. The number of hydrogen-bond donors (Lipinski definition) is 1. The number of rotatable bonds is 5. The lowest BCUT2D eigenvalue weighted by Gasteiger charge is -2.16. The summed E-state index contributed by atoms with van der Waals surface area (Å²) in [6.45, 7) is 4.79. The van der Waals surface area contributed by atoms with Gasteiger partial charge in [-0.05, 0) is 44.3 Å². The zero-order valence-electron chi connectivity index (χ0n) is 9.91. The Hall–Kier alpha value is -0.670. The van der Waals surface area contributed by atoms with Gasteiger partial charge in [0, 0.05) is 23.7 Å². The Labute approximate surface area is 102 Å². The van der Waals surface area contributed by atoms with Crippen LogP contribution in [0.4, 0.5) is 5.69 Å². The first kappa shape index (κ1) is 11.8. The van der Waals surface area contributed by atoms with Crippen LogP contribution in [0.3, 0.4) is 0 Å². The van der Waals surface area contributed by atoms with Gasteiger partial charge in [0.15, 0.2) is 0 Å². The van der Waals surface area contributed by atoms with Crippen molar-refractivity contribution in [2.45, 2.75) is 17.7 Å². The smallest absolute Gasteiger partial charge is 0.0478 e. The summed E-state index contributed by atoms with van der Waals surface area (Å²) < 4.78 is 0. The molecule has 0 atom stereocenters. The summed E-state index contributed by atoms with van der Waals surface area (Å²) in [7, 11) is 0. The summed E-state index contributed by atoms with van der Waals surface area (Å²) >= 11 is 1.80. The van der Waals surface area contributed by atoms with Gasteiger partial charge in [-0.3, -0.25) is 0 Å². The minimum absolute atomic E-state index is 1.05. The van der Waals surface area contributed by atoms with Gasteiger partial charge in [0.2, 0.25) is 0 Å². The molecule has 1 fully saturated rings. The van der Waals surface area contributed by atoms with Crippen LogP contribution in [-0.2, 0) is 0 Å². The molecule has 16 heavy (non-hydrogen) atoms. The molecule has 88 valence electrons. The monoisotopic (exact) mass is 236 g/mol. The lowest BCUT2D eigenvalue weighted by molar-refractivity contribution is 0.352. The second-order valence-corrected chi connectivity index (χ2v) is 5.02. The molecule has 1 aliphatic heterocycles. The van der Waals surface area contributed by atoms with E-state index < -0.39 is 0 Å². The number of anilines is 1. The highest BCUT2D eigenvalue weighted by atomic mass is 32.2. The summed E-state index contributed by atoms with van der Waals surface area (Å²) in [6, 6.07) is 8.52. The predicted octanol–water partition coefficient (Wildman–Crippen LogP) is 2.92. The molecular weight excluding hydrogens is 216 g/mol. The van der Waals surface area contributed by atoms with E-state index >= 15 is 0 Å². The van der Waals surface area contributed by atoms with Gasteiger partial charge >= 0.3 is 0 Å². The van der Waals surface area contributed by atoms with Crippen LogP contribution >= 0.6 is 11.8 Å². The Morgan fingerprint density at radius 1 is 1.25 bits per heavy atom. The van der Waals surface area contributed by atoms with Crippen molar-refractivity contribution in [3.63, 3.8) is 0 Å². The van der Waals surface area contributed by atoms with Crippen LogP contribution in [0.2, 0.25) is 0 Å². The summed E-state index contributed by atoms with van der Waals surface area (Å²) in [5, 5.41) is 3.53. The standard InChI is InChI=1S/C13H20N2S/c1-16-13-7-3-2-6-12(13)14-8-11-15-9-4-5-10-15/h2-3,6-7,14H,4-5,8-11H2,1H3. The molecular formula is C13H20N2S. The van der Waals surface area contributed by atoms with Crippen molar-refractivity contribution in [3.8, 4) is 0 Å². The fourth-order valence-corrected chi connectivity index (χ4v) is 2.72. The topological polar surface area (TPSA) is 15.3 Å². The van der Waals surface area contributed by atoms with Gasteiger partial charge in [0.1, 0.15) is 0 Å². The molecule has 1 N–H and O–H groups in total. The van der Waals surface area contributed by atoms with Crippen molar-refractivity contribution in [1.29, 1.82) is 0 Å². The molecule has 0 amide bonds. The number of thioether (sulfide) groups is 1. The van der Waals surface area contributed by atoms with Crippen molar-refractivity contribution in [1.82, 2.24) is 4.90 Å². The highest BCUT2D eigenvalue weighted by Crippen LogP contribution is 2.24. The lowest BCUT2D eigenvalue weighted by atomic mass is 10.3. The minimum Gasteiger partial charge on any atom is -0.383 e. The fourth-order valence-electron chi connectivity index (χ4n) is 2.15. The number of nitrogens with zero attached hydrogens (tertiary/aromatic N) is 1. The first-order chi connectivity index (χ1) is 7.90. The van der Waals surface area contributed by atoms with Crippen LogP contribution in [0.25, 0.3) is 0 Å². The van der Waals surface area contributed by atoms with Crippen LogP contribution < -0.4 is 5.32 Å². The van der Waals surface area contributed by atoms with Crippen molar-refractivity contribution in [3.05, 3.63) is 24.3 Å². The van der Waals surface area contributed by atoms with Gasteiger partial charge in [-0.2, -0.15) is 0 Å². The maximum Gasteiger partial charge on any atom is 0.0478 e. The molecule has 1 aromatic carbocycles. The van der Waals surface area contributed by atoms with Crippen molar-refractivity contribution < 1.29 is 0 Å². The van der Waals surface area contributed by atoms with E-state index in [4.69, 9.17) is 0 Å². The van der Waals surface area contributed by atoms with E-state index in [0.717, 1.165) is 6.54 Å². The lowest BCUT2D eigenvalue weighted by Crippen LogP contribution is -2.26. The van der Waals surface area contributed by atoms with Gasteiger partial charge < -0.3 is 10.2 Å². The van der Waals surface area contributed by atoms with E-state index in [0.29, 0.717) is 0 Å². The number of likely N-dealkylation sites (tertiary alicyclic amines) is 1. The quantitative estimate of drug-likeness (QED) is 0.791. The number of para-hydroxylation sites is 1. The Balaban J connectivity index is 1.79. The van der Waals surface area contributed by atoms with Crippen molar-refractivity contribution >= 4 is 17.4 Å². The highest BCUT2D eigenvalue weighted by molar-refractivity contribution is 7.98. The van der Waals surface area contributed by atoms with Crippen LogP contribution in [-0.4, -0.2) is 37.3 Å². The van der Waals surface area contributed by atoms with Gasteiger partial charge in [-0.15, -0.1) is 11.8 Å². The van der Waals surface area contributed by atoms with E-state index in [1.165, 1.54) is 43.1 Å². The average molecular weight is 236 g/mol. The van der Waals surface area contributed by atoms with Crippen molar-refractivity contribution in [2.75, 3.05) is 37.8 Å². The van der Waals surface area contributed by atoms with Gasteiger partial charge in [0.25, 0.3) is 0 Å². The average Bonchev–Trinajstić information content (AvgIpc) is 2.83. The number of nitrogens with one attached hydrogen (secondary N) is 1. The Morgan fingerprint density at radius 2 is 2.00 bits per heavy atom. The van der Waals surface area contributed by atoms with E-state index in [1.54, 1.807) is 11.8 Å². The molecule has 0 aromatic heterocycles. The maximum absolute atomic E-state index is 3.53. The van der Waals surface area contributed by atoms with Gasteiger partial charge in [0.05, 0.1) is 0 Å². The maximum atomic E-state index is 3.53. The first-order valence-electron chi connectivity index (χ1n) is 5.99. The molecule has 2 rings (SSSR count). The third-order valence-corrected chi connectivity index (χ3v) is 3.84. The number of benzene rings is 1. The highest BCUT2D eigenvalue weighted by Gasteiger charge is 2.10. The van der Waals surface area contributed by atoms with E-state index in [1.807, 2.05) is 0 Å². The molecule has 0 bridgehead atoms. The van der Waals surface area contributed by atoms with Crippen molar-refractivity contribution in [2.24, 2.45) is 0 Å².